The zero-order chi connectivity index (χ0) is 22.4. The summed E-state index contributed by atoms with van der Waals surface area (Å²) in [4.78, 5) is 33.7. The van der Waals surface area contributed by atoms with Gasteiger partial charge in [0, 0.05) is 39.1 Å². The molecule has 1 aromatic heterocycles. The summed E-state index contributed by atoms with van der Waals surface area (Å²) >= 11 is 0. The number of benzene rings is 1. The van der Waals surface area contributed by atoms with Gasteiger partial charge in [0.25, 0.3) is 5.91 Å². The highest BCUT2D eigenvalue weighted by atomic mass is 16.5. The number of nitrogens with zero attached hydrogens (tertiary/aromatic N) is 3. The molecular formula is C24H31N3O4. The van der Waals surface area contributed by atoms with E-state index < -0.39 is 5.41 Å². The molecule has 31 heavy (non-hydrogen) atoms. The maximum atomic E-state index is 13.1. The van der Waals surface area contributed by atoms with E-state index in [1.54, 1.807) is 36.5 Å². The van der Waals surface area contributed by atoms with Crippen molar-refractivity contribution < 1.29 is 19.1 Å². The largest absolute Gasteiger partial charge is 0.493 e. The zero-order valence-electron chi connectivity index (χ0n) is 18.8. The van der Waals surface area contributed by atoms with Crippen LogP contribution in [0.5, 0.6) is 11.5 Å². The first-order chi connectivity index (χ1) is 14.8. The van der Waals surface area contributed by atoms with Gasteiger partial charge in [-0.15, -0.1) is 0 Å². The summed E-state index contributed by atoms with van der Waals surface area (Å²) in [7, 11) is 3.40. The predicted octanol–water partition coefficient (Wildman–Crippen LogP) is 3.39. The maximum absolute atomic E-state index is 13.1. The van der Waals surface area contributed by atoms with E-state index in [-0.39, 0.29) is 18.4 Å². The molecule has 0 radical (unpaired) electrons. The molecule has 0 N–H and O–H groups in total. The standard InChI is InChI=1S/C24H31N3O4/c1-24(2)17-31-21-14-18(9-10-20(21)30-4)16-27(13-6-5-12-26(3)23(24)29)22(28)19-8-7-11-25-15-19/h7-11,14-15H,5-6,12-13,16-17H2,1-4H3. The lowest BCUT2D eigenvalue weighted by Crippen LogP contribution is -2.42. The molecular weight excluding hydrogens is 394 g/mol. The number of aromatic nitrogens is 1. The summed E-state index contributed by atoms with van der Waals surface area (Å²) in [5, 5.41) is 0. The fraction of sp³-hybridized carbons (Fsp3) is 0.458. The Bertz CT molecular complexity index is 914. The number of pyridine rings is 1. The van der Waals surface area contributed by atoms with Crippen molar-refractivity contribution in [1.29, 1.82) is 0 Å². The molecule has 1 aliphatic rings. The van der Waals surface area contributed by atoms with Crippen LogP contribution >= 0.6 is 0 Å². The highest BCUT2D eigenvalue weighted by molar-refractivity contribution is 5.93. The number of carbonyl (C=O) groups is 2. The molecule has 2 bridgehead atoms. The molecule has 166 valence electrons. The Hall–Kier alpha value is -3.09. The van der Waals surface area contributed by atoms with E-state index in [2.05, 4.69) is 4.98 Å². The van der Waals surface area contributed by atoms with Gasteiger partial charge in [-0.1, -0.05) is 6.07 Å². The second-order valence-corrected chi connectivity index (χ2v) is 8.56. The lowest BCUT2D eigenvalue weighted by Gasteiger charge is -2.30. The van der Waals surface area contributed by atoms with Crippen molar-refractivity contribution in [3.8, 4) is 11.5 Å². The van der Waals surface area contributed by atoms with Crippen molar-refractivity contribution in [1.82, 2.24) is 14.8 Å². The quantitative estimate of drug-likeness (QED) is 0.738. The molecule has 2 heterocycles. The minimum absolute atomic E-state index is 0.0305. The molecule has 1 aromatic carbocycles. The fourth-order valence-corrected chi connectivity index (χ4v) is 3.67. The minimum atomic E-state index is -0.664. The van der Waals surface area contributed by atoms with Crippen molar-refractivity contribution in [2.24, 2.45) is 5.41 Å². The topological polar surface area (TPSA) is 72.0 Å². The van der Waals surface area contributed by atoms with E-state index in [1.165, 1.54) is 0 Å². The molecule has 0 saturated heterocycles. The molecule has 0 fully saturated rings. The number of amides is 2. The maximum Gasteiger partial charge on any atom is 0.255 e. The monoisotopic (exact) mass is 425 g/mol. The van der Waals surface area contributed by atoms with Gasteiger partial charge in [0.1, 0.15) is 6.61 Å². The van der Waals surface area contributed by atoms with Crippen LogP contribution in [0.3, 0.4) is 0 Å². The van der Waals surface area contributed by atoms with Crippen LogP contribution in [0, 0.1) is 5.41 Å². The second kappa shape index (κ2) is 9.81. The van der Waals surface area contributed by atoms with E-state index in [0.717, 1.165) is 18.4 Å². The van der Waals surface area contributed by atoms with Gasteiger partial charge in [0.2, 0.25) is 5.91 Å². The van der Waals surface area contributed by atoms with Gasteiger partial charge in [-0.3, -0.25) is 14.6 Å². The van der Waals surface area contributed by atoms with Crippen molar-refractivity contribution >= 4 is 11.8 Å². The number of hydrogen-bond acceptors (Lipinski definition) is 5. The Morgan fingerprint density at radius 1 is 1.19 bits per heavy atom. The lowest BCUT2D eigenvalue weighted by molar-refractivity contribution is -0.140. The molecule has 0 aliphatic carbocycles. The van der Waals surface area contributed by atoms with Crippen molar-refractivity contribution in [3.63, 3.8) is 0 Å². The van der Waals surface area contributed by atoms with E-state index in [1.807, 2.05) is 44.0 Å². The first-order valence-electron chi connectivity index (χ1n) is 10.6. The zero-order valence-corrected chi connectivity index (χ0v) is 18.8. The molecule has 0 atom stereocenters. The normalized spacial score (nSPS) is 17.5. The van der Waals surface area contributed by atoms with Crippen LogP contribution in [0.25, 0.3) is 0 Å². The van der Waals surface area contributed by atoms with Gasteiger partial charge in [0.15, 0.2) is 11.5 Å². The van der Waals surface area contributed by atoms with Crippen LogP contribution in [-0.2, 0) is 11.3 Å². The van der Waals surface area contributed by atoms with Gasteiger partial charge in [-0.2, -0.15) is 0 Å². The third-order valence-electron chi connectivity index (χ3n) is 5.48. The van der Waals surface area contributed by atoms with Crippen molar-refractivity contribution in [3.05, 3.63) is 53.9 Å². The molecule has 7 nitrogen and oxygen atoms in total. The first-order valence-corrected chi connectivity index (χ1v) is 10.6. The van der Waals surface area contributed by atoms with Crippen LogP contribution in [0.1, 0.15) is 42.6 Å². The van der Waals surface area contributed by atoms with Crippen LogP contribution < -0.4 is 9.47 Å². The van der Waals surface area contributed by atoms with Crippen LogP contribution in [0.2, 0.25) is 0 Å². The van der Waals surface area contributed by atoms with Crippen LogP contribution in [0.15, 0.2) is 42.7 Å². The van der Waals surface area contributed by atoms with Gasteiger partial charge >= 0.3 is 0 Å². The molecule has 7 heteroatoms. The average Bonchev–Trinajstić information content (AvgIpc) is 2.78. The van der Waals surface area contributed by atoms with Gasteiger partial charge in [-0.05, 0) is 56.5 Å². The molecule has 0 unspecified atom stereocenters. The summed E-state index contributed by atoms with van der Waals surface area (Å²) in [6.07, 6.45) is 4.85. The Balaban J connectivity index is 1.92. The molecule has 3 rings (SSSR count). The number of carbonyl (C=O) groups excluding carboxylic acids is 2. The summed E-state index contributed by atoms with van der Waals surface area (Å²) in [6, 6.07) is 9.20. The summed E-state index contributed by atoms with van der Waals surface area (Å²) in [5.74, 6) is 1.12. The third-order valence-corrected chi connectivity index (χ3v) is 5.48. The molecule has 0 saturated carbocycles. The molecule has 2 aromatic rings. The SMILES string of the molecule is COc1ccc2cc1OCC(C)(C)C(=O)N(C)CCCCN(C(=O)c1cccnc1)C2. The number of hydrogen-bond donors (Lipinski definition) is 0. The number of ether oxygens (including phenoxy) is 2. The van der Waals surface area contributed by atoms with Crippen LogP contribution in [0.4, 0.5) is 0 Å². The Kier molecular flexibility index (Phi) is 7.15. The summed E-state index contributed by atoms with van der Waals surface area (Å²) in [6.45, 7) is 5.68. The molecule has 2 amide bonds. The number of fused-ring (bicyclic) bond motifs is 2. The fourth-order valence-electron chi connectivity index (χ4n) is 3.67. The number of methoxy groups -OCH3 is 1. The highest BCUT2D eigenvalue weighted by Crippen LogP contribution is 2.31. The van der Waals surface area contributed by atoms with Gasteiger partial charge in [0.05, 0.1) is 18.1 Å². The third kappa shape index (κ3) is 5.54. The van der Waals surface area contributed by atoms with Gasteiger partial charge in [-0.25, -0.2) is 0 Å². The van der Waals surface area contributed by atoms with E-state index in [4.69, 9.17) is 9.47 Å². The van der Waals surface area contributed by atoms with Crippen LogP contribution in [-0.4, -0.2) is 60.5 Å². The molecule has 1 aliphatic heterocycles. The lowest BCUT2D eigenvalue weighted by atomic mass is 9.92. The molecule has 0 spiro atoms. The minimum Gasteiger partial charge on any atom is -0.493 e. The number of rotatable bonds is 2. The Morgan fingerprint density at radius 3 is 2.68 bits per heavy atom. The van der Waals surface area contributed by atoms with E-state index >= 15 is 0 Å². The van der Waals surface area contributed by atoms with E-state index in [0.29, 0.717) is 36.7 Å². The Morgan fingerprint density at radius 2 is 1.97 bits per heavy atom. The Labute approximate surface area is 184 Å². The van der Waals surface area contributed by atoms with Crippen molar-refractivity contribution in [2.75, 3.05) is 33.9 Å². The smallest absolute Gasteiger partial charge is 0.255 e. The highest BCUT2D eigenvalue weighted by Gasteiger charge is 2.32. The first kappa shape index (κ1) is 22.6. The van der Waals surface area contributed by atoms with Crippen molar-refractivity contribution in [2.45, 2.75) is 33.2 Å². The summed E-state index contributed by atoms with van der Waals surface area (Å²) < 4.78 is 11.5. The van der Waals surface area contributed by atoms with Gasteiger partial charge < -0.3 is 19.3 Å². The summed E-state index contributed by atoms with van der Waals surface area (Å²) in [5.41, 5.74) is 0.830. The predicted molar refractivity (Wildman–Crippen MR) is 118 cm³/mol. The average molecular weight is 426 g/mol. The second-order valence-electron chi connectivity index (χ2n) is 8.56. The van der Waals surface area contributed by atoms with E-state index in [9.17, 15) is 9.59 Å².